The van der Waals surface area contributed by atoms with Gasteiger partial charge in [0.2, 0.25) is 0 Å². The second-order valence-electron chi connectivity index (χ2n) is 7.93. The zero-order valence-electron chi connectivity index (χ0n) is 19.1. The van der Waals surface area contributed by atoms with Gasteiger partial charge in [-0.1, -0.05) is 0 Å². The van der Waals surface area contributed by atoms with E-state index in [0.717, 1.165) is 94.2 Å². The van der Waals surface area contributed by atoms with Crippen LogP contribution in [0.2, 0.25) is 0 Å². The number of rotatable bonds is 0. The molecule has 0 aromatic carbocycles. The molecule has 3 aliphatic heterocycles. The van der Waals surface area contributed by atoms with Crippen molar-refractivity contribution in [2.45, 2.75) is 59.8 Å². The third-order valence-electron chi connectivity index (χ3n) is 5.46. The van der Waals surface area contributed by atoms with Crippen LogP contribution in [0.15, 0.2) is 30.0 Å². The number of hydrogen-bond donors (Lipinski definition) is 0. The van der Waals surface area contributed by atoms with E-state index in [4.69, 9.17) is 20.0 Å². The quantitative estimate of drug-likeness (QED) is 0.493. The minimum Gasteiger partial charge on any atom is -0.296 e. The summed E-state index contributed by atoms with van der Waals surface area (Å²) in [5, 5.41) is 0. The molecule has 0 fully saturated rings. The molecule has 6 nitrogen and oxygen atoms in total. The predicted molar refractivity (Wildman–Crippen MR) is 129 cm³/mol. The summed E-state index contributed by atoms with van der Waals surface area (Å²) in [6.45, 7) is 13.3. The topological polar surface area (TPSA) is 74.2 Å². The van der Waals surface area contributed by atoms with Gasteiger partial charge in [0, 0.05) is 74.5 Å². The van der Waals surface area contributed by atoms with Crippen molar-refractivity contribution < 1.29 is 17.1 Å². The molecule has 3 rings (SSSR count). The summed E-state index contributed by atoms with van der Waals surface area (Å²) >= 11 is 0. The van der Waals surface area contributed by atoms with Gasteiger partial charge in [-0.05, 0) is 59.8 Å². The molecule has 0 saturated carbocycles. The van der Waals surface area contributed by atoms with Crippen LogP contribution >= 0.6 is 0 Å². The Morgan fingerprint density at radius 1 is 0.500 bits per heavy atom. The van der Waals surface area contributed by atoms with Crippen molar-refractivity contribution in [1.82, 2.24) is 0 Å². The molecular weight excluding hydrogens is 416 g/mol. The van der Waals surface area contributed by atoms with Crippen molar-refractivity contribution in [2.24, 2.45) is 41.8 Å². The molecule has 0 aromatic rings. The van der Waals surface area contributed by atoms with Crippen LogP contribution in [0, 0.1) is 11.8 Å². The first kappa shape index (κ1) is 26.6. The molecule has 3 heterocycles. The van der Waals surface area contributed by atoms with Gasteiger partial charge in [-0.2, -0.15) is 0 Å². The Hall–Kier alpha value is -1.46. The number of hydrogen-bond acceptors (Lipinski definition) is 6. The first-order valence-electron chi connectivity index (χ1n) is 11.1. The first-order valence-corrected chi connectivity index (χ1v) is 11.1. The van der Waals surface area contributed by atoms with E-state index in [2.05, 4.69) is 37.7 Å². The zero-order valence-corrected chi connectivity index (χ0v) is 20.2. The van der Waals surface area contributed by atoms with Crippen LogP contribution in [0.25, 0.3) is 0 Å². The molecule has 0 radical (unpaired) electrons. The number of fused-ring (bicyclic) bond motifs is 14. The van der Waals surface area contributed by atoms with E-state index >= 15 is 0 Å². The van der Waals surface area contributed by atoms with E-state index < -0.39 is 0 Å². The van der Waals surface area contributed by atoms with Gasteiger partial charge in [-0.15, -0.1) is 0 Å². The maximum atomic E-state index is 4.83. The average Bonchev–Trinajstić information content (AvgIpc) is 2.69. The summed E-state index contributed by atoms with van der Waals surface area (Å²) < 4.78 is 0. The minimum absolute atomic E-state index is 0. The van der Waals surface area contributed by atoms with Gasteiger partial charge in [0.05, 0.1) is 11.8 Å². The van der Waals surface area contributed by atoms with Gasteiger partial charge in [0.1, 0.15) is 0 Å². The van der Waals surface area contributed by atoms with Crippen LogP contribution in [-0.2, 0) is 17.1 Å². The molecule has 30 heavy (non-hydrogen) atoms. The summed E-state index contributed by atoms with van der Waals surface area (Å²) in [5.41, 5.74) is 4.42. The average molecular weight is 454 g/mol. The van der Waals surface area contributed by atoms with Crippen molar-refractivity contribution in [2.75, 3.05) is 39.3 Å². The van der Waals surface area contributed by atoms with Crippen LogP contribution in [0.1, 0.15) is 59.8 Å². The third kappa shape index (κ3) is 9.57. The largest absolute Gasteiger partial charge is 2.00 e. The van der Waals surface area contributed by atoms with E-state index in [1.807, 2.05) is 12.4 Å². The molecule has 0 N–H and O–H groups in total. The Labute approximate surface area is 193 Å². The SMILES string of the molecule is CC1=NCCCCCN=C(C)C2C=NCCCN=CC1C(C)=NCCCN=C2C.[Fe+2]. The maximum Gasteiger partial charge on any atom is 2.00 e. The molecule has 0 aliphatic carbocycles. The van der Waals surface area contributed by atoms with Crippen molar-refractivity contribution in [1.29, 1.82) is 0 Å². The summed E-state index contributed by atoms with van der Waals surface area (Å²) in [7, 11) is 0. The molecule has 0 aromatic heterocycles. The molecule has 2 atom stereocenters. The van der Waals surface area contributed by atoms with Crippen LogP contribution < -0.4 is 0 Å². The van der Waals surface area contributed by atoms with Crippen molar-refractivity contribution >= 4 is 35.3 Å². The van der Waals surface area contributed by atoms with Crippen molar-refractivity contribution in [3.63, 3.8) is 0 Å². The fraction of sp³-hybridized carbons (Fsp3) is 0.739. The van der Waals surface area contributed by atoms with Crippen molar-refractivity contribution in [3.8, 4) is 0 Å². The molecular formula is C23H38FeN6+2. The molecule has 3 aliphatic rings. The summed E-state index contributed by atoms with van der Waals surface area (Å²) in [6, 6.07) is 0. The van der Waals surface area contributed by atoms with E-state index in [-0.39, 0.29) is 28.9 Å². The fourth-order valence-electron chi connectivity index (χ4n) is 3.54. The molecule has 0 spiro atoms. The van der Waals surface area contributed by atoms with Crippen LogP contribution in [0.3, 0.4) is 0 Å². The Morgan fingerprint density at radius 3 is 1.23 bits per heavy atom. The second-order valence-corrected chi connectivity index (χ2v) is 7.93. The van der Waals surface area contributed by atoms with Crippen molar-refractivity contribution in [3.05, 3.63) is 0 Å². The van der Waals surface area contributed by atoms with Crippen LogP contribution in [0.4, 0.5) is 0 Å². The Kier molecular flexibility index (Phi) is 13.6. The Bertz CT molecular complexity index is 634. The summed E-state index contributed by atoms with van der Waals surface area (Å²) in [6.07, 6.45) is 9.29. The van der Waals surface area contributed by atoms with Gasteiger partial charge in [0.25, 0.3) is 0 Å². The zero-order chi connectivity index (χ0) is 20.9. The molecule has 7 heteroatoms. The number of aliphatic imine (C=N–C) groups is 6. The Morgan fingerprint density at radius 2 is 0.833 bits per heavy atom. The normalized spacial score (nSPS) is 25.5. The van der Waals surface area contributed by atoms with E-state index in [9.17, 15) is 0 Å². The summed E-state index contributed by atoms with van der Waals surface area (Å²) in [5.74, 6) is 0.208. The number of nitrogens with zero attached hydrogens (tertiary/aromatic N) is 6. The maximum absolute atomic E-state index is 4.83. The summed E-state index contributed by atoms with van der Waals surface area (Å²) in [4.78, 5) is 28.6. The van der Waals surface area contributed by atoms with E-state index in [1.54, 1.807) is 0 Å². The predicted octanol–water partition coefficient (Wildman–Crippen LogP) is 4.18. The van der Waals surface area contributed by atoms with E-state index in [0.29, 0.717) is 0 Å². The minimum atomic E-state index is 0. The van der Waals surface area contributed by atoms with Crippen LogP contribution in [0.5, 0.6) is 0 Å². The van der Waals surface area contributed by atoms with Crippen LogP contribution in [-0.4, -0.2) is 74.5 Å². The van der Waals surface area contributed by atoms with E-state index in [1.165, 1.54) is 0 Å². The monoisotopic (exact) mass is 454 g/mol. The third-order valence-corrected chi connectivity index (χ3v) is 5.46. The first-order chi connectivity index (χ1) is 14.1. The molecule has 2 unspecified atom stereocenters. The van der Waals surface area contributed by atoms with Gasteiger partial charge in [0.15, 0.2) is 0 Å². The molecule has 2 bridgehead atoms. The smallest absolute Gasteiger partial charge is 0.296 e. The molecule has 0 amide bonds. The van der Waals surface area contributed by atoms with Gasteiger partial charge in [-0.25, -0.2) is 0 Å². The second kappa shape index (κ2) is 15.4. The van der Waals surface area contributed by atoms with Gasteiger partial charge < -0.3 is 0 Å². The Balaban J connectivity index is 0.00000450. The van der Waals surface area contributed by atoms with Gasteiger partial charge in [-0.3, -0.25) is 30.0 Å². The fourth-order valence-corrected chi connectivity index (χ4v) is 3.54. The molecule has 166 valence electrons. The standard InChI is InChI=1S/C23H38N6.Fe/c1-18-22-16-24-10-8-11-25-17-23(19(2)27-13-7-5-6-12-26-18)21(4)29-15-9-14-28-20(22)3;/h16-17,22-23H,5-15H2,1-4H3;/q;+2. The molecule has 0 saturated heterocycles. The van der Waals surface area contributed by atoms with Gasteiger partial charge >= 0.3 is 17.1 Å².